The Hall–Kier alpha value is -1.70. The molecular weight excluding hydrogens is 322 g/mol. The van der Waals surface area contributed by atoms with Crippen molar-refractivity contribution in [2.45, 2.75) is 24.0 Å². The van der Waals surface area contributed by atoms with E-state index < -0.39 is 21.9 Å². The Bertz CT molecular complexity index is 766. The van der Waals surface area contributed by atoms with Crippen LogP contribution < -0.4 is 4.72 Å². The fourth-order valence-electron chi connectivity index (χ4n) is 2.18. The zero-order chi connectivity index (χ0) is 16.3. The molecule has 118 valence electrons. The Kier molecular flexibility index (Phi) is 5.00. The number of aliphatic carboxylic acids is 1. The predicted molar refractivity (Wildman–Crippen MR) is 85.8 cm³/mol. The van der Waals surface area contributed by atoms with Gasteiger partial charge in [-0.15, -0.1) is 11.3 Å². The van der Waals surface area contributed by atoms with Crippen LogP contribution in [0.5, 0.6) is 0 Å². The van der Waals surface area contributed by atoms with Gasteiger partial charge in [-0.2, -0.15) is 0 Å². The standard InChI is InChI=1S/C15H17NO4S2/c1-10-8-11(2)21-15(10)22(19,20)16-9-13(14(17)18)12-6-4-3-5-7-12/h3-8,13,16H,9H2,1-2H3,(H,17,18). The van der Waals surface area contributed by atoms with Crippen LogP contribution in [0.2, 0.25) is 0 Å². The smallest absolute Gasteiger partial charge is 0.312 e. The maximum Gasteiger partial charge on any atom is 0.312 e. The van der Waals surface area contributed by atoms with Crippen molar-refractivity contribution in [1.82, 2.24) is 4.72 Å². The van der Waals surface area contributed by atoms with E-state index >= 15 is 0 Å². The summed E-state index contributed by atoms with van der Waals surface area (Å²) in [5.41, 5.74) is 1.23. The molecule has 5 nitrogen and oxygen atoms in total. The normalized spacial score (nSPS) is 13.0. The minimum absolute atomic E-state index is 0.182. The topological polar surface area (TPSA) is 83.5 Å². The summed E-state index contributed by atoms with van der Waals surface area (Å²) in [5.74, 6) is -1.98. The van der Waals surface area contributed by atoms with E-state index in [1.807, 2.05) is 6.92 Å². The molecule has 22 heavy (non-hydrogen) atoms. The Morgan fingerprint density at radius 2 is 1.91 bits per heavy atom. The summed E-state index contributed by atoms with van der Waals surface area (Å²) in [6, 6.07) is 10.4. The number of nitrogens with one attached hydrogen (secondary N) is 1. The van der Waals surface area contributed by atoms with Crippen LogP contribution in [-0.4, -0.2) is 26.0 Å². The largest absolute Gasteiger partial charge is 0.481 e. The molecule has 7 heteroatoms. The van der Waals surface area contributed by atoms with Crippen LogP contribution in [0.4, 0.5) is 0 Å². The molecule has 0 saturated carbocycles. The fraction of sp³-hybridized carbons (Fsp3) is 0.267. The summed E-state index contributed by atoms with van der Waals surface area (Å²) >= 11 is 1.18. The molecule has 0 fully saturated rings. The molecule has 0 bridgehead atoms. The molecule has 1 aromatic carbocycles. The van der Waals surface area contributed by atoms with E-state index in [1.54, 1.807) is 43.3 Å². The molecule has 0 aliphatic heterocycles. The SMILES string of the molecule is Cc1cc(C)c(S(=O)(=O)NCC(C(=O)O)c2ccccc2)s1. The molecule has 1 unspecified atom stereocenters. The molecule has 0 amide bonds. The van der Waals surface area contributed by atoms with Crippen molar-refractivity contribution in [3.05, 3.63) is 52.4 Å². The van der Waals surface area contributed by atoms with Crippen molar-refractivity contribution >= 4 is 27.3 Å². The van der Waals surface area contributed by atoms with Crippen molar-refractivity contribution in [3.63, 3.8) is 0 Å². The lowest BCUT2D eigenvalue weighted by molar-refractivity contribution is -0.138. The summed E-state index contributed by atoms with van der Waals surface area (Å²) in [6.07, 6.45) is 0. The van der Waals surface area contributed by atoms with Crippen molar-refractivity contribution in [2.24, 2.45) is 0 Å². The first-order valence-electron chi connectivity index (χ1n) is 6.65. The number of hydrogen-bond acceptors (Lipinski definition) is 4. The van der Waals surface area contributed by atoms with Gasteiger partial charge < -0.3 is 5.11 Å². The van der Waals surface area contributed by atoms with Gasteiger partial charge in [-0.05, 0) is 31.0 Å². The number of carbonyl (C=O) groups is 1. The summed E-state index contributed by atoms with van der Waals surface area (Å²) in [6.45, 7) is 3.38. The van der Waals surface area contributed by atoms with Gasteiger partial charge in [-0.25, -0.2) is 13.1 Å². The van der Waals surface area contributed by atoms with Gasteiger partial charge in [0, 0.05) is 11.4 Å². The third-order valence-electron chi connectivity index (χ3n) is 3.22. The third-order valence-corrected chi connectivity index (χ3v) is 6.43. The number of thiophene rings is 1. The van der Waals surface area contributed by atoms with Gasteiger partial charge in [0.15, 0.2) is 0 Å². The predicted octanol–water partition coefficient (Wildman–Crippen LogP) is 2.51. The fourth-order valence-corrected chi connectivity index (χ4v) is 4.94. The molecule has 0 aliphatic carbocycles. The molecule has 0 saturated heterocycles. The third kappa shape index (κ3) is 3.73. The molecule has 0 radical (unpaired) electrons. The lowest BCUT2D eigenvalue weighted by atomic mass is 10.00. The van der Waals surface area contributed by atoms with Gasteiger partial charge in [-0.3, -0.25) is 4.79 Å². The maximum absolute atomic E-state index is 12.3. The lowest BCUT2D eigenvalue weighted by Gasteiger charge is -2.13. The first kappa shape index (κ1) is 16.7. The Morgan fingerprint density at radius 1 is 1.27 bits per heavy atom. The van der Waals surface area contributed by atoms with E-state index in [0.717, 1.165) is 4.88 Å². The monoisotopic (exact) mass is 339 g/mol. The van der Waals surface area contributed by atoms with E-state index in [9.17, 15) is 18.3 Å². The lowest BCUT2D eigenvalue weighted by Crippen LogP contribution is -2.31. The minimum atomic E-state index is -3.70. The quantitative estimate of drug-likeness (QED) is 0.847. The molecular formula is C15H17NO4S2. The van der Waals surface area contributed by atoms with E-state index in [1.165, 1.54) is 11.3 Å². The summed E-state index contributed by atoms with van der Waals surface area (Å²) < 4.78 is 27.3. The van der Waals surface area contributed by atoms with Gasteiger partial charge in [0.05, 0.1) is 5.92 Å². The van der Waals surface area contributed by atoms with Gasteiger partial charge in [-0.1, -0.05) is 30.3 Å². The highest BCUT2D eigenvalue weighted by atomic mass is 32.2. The second-order valence-electron chi connectivity index (χ2n) is 4.98. The van der Waals surface area contributed by atoms with Crippen molar-refractivity contribution in [3.8, 4) is 0 Å². The number of carboxylic acids is 1. The number of sulfonamides is 1. The van der Waals surface area contributed by atoms with E-state index in [4.69, 9.17) is 0 Å². The van der Waals surface area contributed by atoms with Crippen LogP contribution in [0.3, 0.4) is 0 Å². The van der Waals surface area contributed by atoms with Gasteiger partial charge in [0.2, 0.25) is 10.0 Å². The van der Waals surface area contributed by atoms with Crippen LogP contribution in [0.15, 0.2) is 40.6 Å². The maximum atomic E-state index is 12.3. The average Bonchev–Trinajstić information content (AvgIpc) is 2.79. The first-order valence-corrected chi connectivity index (χ1v) is 8.95. The second-order valence-corrected chi connectivity index (χ2v) is 8.20. The van der Waals surface area contributed by atoms with Crippen LogP contribution in [0, 0.1) is 13.8 Å². The number of rotatable bonds is 6. The zero-order valence-electron chi connectivity index (χ0n) is 12.2. The molecule has 2 rings (SSSR count). The van der Waals surface area contributed by atoms with Crippen molar-refractivity contribution in [2.75, 3.05) is 6.54 Å². The summed E-state index contributed by atoms with van der Waals surface area (Å²) in [5, 5.41) is 9.32. The van der Waals surface area contributed by atoms with Crippen LogP contribution in [0.1, 0.15) is 21.9 Å². The Morgan fingerprint density at radius 3 is 2.41 bits per heavy atom. The number of hydrogen-bond donors (Lipinski definition) is 2. The number of benzene rings is 1. The molecule has 1 atom stereocenters. The van der Waals surface area contributed by atoms with E-state index in [-0.39, 0.29) is 10.8 Å². The highest BCUT2D eigenvalue weighted by molar-refractivity contribution is 7.91. The highest BCUT2D eigenvalue weighted by Crippen LogP contribution is 2.26. The molecule has 1 aromatic heterocycles. The highest BCUT2D eigenvalue weighted by Gasteiger charge is 2.25. The second kappa shape index (κ2) is 6.60. The van der Waals surface area contributed by atoms with Crippen LogP contribution in [0.25, 0.3) is 0 Å². The zero-order valence-corrected chi connectivity index (χ0v) is 13.9. The Labute approximate surface area is 133 Å². The summed E-state index contributed by atoms with van der Waals surface area (Å²) in [4.78, 5) is 12.3. The van der Waals surface area contributed by atoms with Crippen LogP contribution >= 0.6 is 11.3 Å². The van der Waals surface area contributed by atoms with E-state index in [2.05, 4.69) is 4.72 Å². The van der Waals surface area contributed by atoms with Gasteiger partial charge in [0.25, 0.3) is 0 Å². The number of aryl methyl sites for hydroxylation is 2. The van der Waals surface area contributed by atoms with E-state index in [0.29, 0.717) is 11.1 Å². The summed E-state index contributed by atoms with van der Waals surface area (Å²) in [7, 11) is -3.70. The Balaban J connectivity index is 2.19. The van der Waals surface area contributed by atoms with Gasteiger partial charge >= 0.3 is 5.97 Å². The van der Waals surface area contributed by atoms with Gasteiger partial charge in [0.1, 0.15) is 4.21 Å². The first-order chi connectivity index (χ1) is 10.3. The molecule has 1 heterocycles. The minimum Gasteiger partial charge on any atom is -0.481 e. The van der Waals surface area contributed by atoms with Crippen molar-refractivity contribution < 1.29 is 18.3 Å². The average molecular weight is 339 g/mol. The number of carboxylic acid groups (broad SMARTS) is 1. The van der Waals surface area contributed by atoms with Crippen molar-refractivity contribution in [1.29, 1.82) is 0 Å². The molecule has 2 aromatic rings. The molecule has 0 aliphatic rings. The molecule has 2 N–H and O–H groups in total. The van der Waals surface area contributed by atoms with Crippen LogP contribution in [-0.2, 0) is 14.8 Å². The molecule has 0 spiro atoms.